The van der Waals surface area contributed by atoms with Crippen LogP contribution in [0.1, 0.15) is 31.4 Å². The molecule has 0 unspecified atom stereocenters. The molecule has 21 heavy (non-hydrogen) atoms. The van der Waals surface area contributed by atoms with Gasteiger partial charge in [-0.3, -0.25) is 4.79 Å². The minimum Gasteiger partial charge on any atom is -0.480 e. The normalized spacial score (nSPS) is 13.2. The zero-order valence-corrected chi connectivity index (χ0v) is 12.0. The summed E-state index contributed by atoms with van der Waals surface area (Å²) in [5.41, 5.74) is 0.633. The molecular weight excluding hydrogens is 274 g/mol. The molecule has 0 saturated carbocycles. The number of carboxylic acids is 1. The van der Waals surface area contributed by atoms with E-state index in [9.17, 15) is 14.4 Å². The number of carboxylic acid groups (broad SMARTS) is 1. The van der Waals surface area contributed by atoms with Gasteiger partial charge in [0.2, 0.25) is 0 Å². The highest BCUT2D eigenvalue weighted by Gasteiger charge is 2.26. The van der Waals surface area contributed by atoms with E-state index in [2.05, 4.69) is 5.32 Å². The molecular formula is C15H19NO5. The number of ether oxygens (including phenoxy) is 1. The second kappa shape index (κ2) is 8.16. The van der Waals surface area contributed by atoms with Crippen molar-refractivity contribution in [1.82, 2.24) is 5.32 Å². The summed E-state index contributed by atoms with van der Waals surface area (Å²) in [5, 5.41) is 11.5. The SMILES string of the molecule is CO[C@@H](C(=O)N[C@H](CCC(C)=O)C(=O)O)c1ccccc1. The van der Waals surface area contributed by atoms with Gasteiger partial charge in [-0.25, -0.2) is 4.79 Å². The van der Waals surface area contributed by atoms with Crippen molar-refractivity contribution < 1.29 is 24.2 Å². The number of nitrogens with one attached hydrogen (secondary N) is 1. The second-order valence-electron chi connectivity index (χ2n) is 4.67. The van der Waals surface area contributed by atoms with E-state index in [0.717, 1.165) is 0 Å². The Kier molecular flexibility index (Phi) is 6.55. The lowest BCUT2D eigenvalue weighted by Crippen LogP contribution is -2.43. The molecule has 1 aromatic rings. The molecule has 1 aromatic carbocycles. The molecule has 0 aromatic heterocycles. The molecule has 0 bridgehead atoms. The summed E-state index contributed by atoms with van der Waals surface area (Å²) in [6.07, 6.45) is -0.729. The molecule has 0 aliphatic carbocycles. The van der Waals surface area contributed by atoms with Gasteiger partial charge < -0.3 is 20.0 Å². The third kappa shape index (κ3) is 5.35. The van der Waals surface area contributed by atoms with Gasteiger partial charge in [0.05, 0.1) is 0 Å². The van der Waals surface area contributed by atoms with E-state index < -0.39 is 24.0 Å². The van der Waals surface area contributed by atoms with Crippen molar-refractivity contribution in [2.24, 2.45) is 0 Å². The summed E-state index contributed by atoms with van der Waals surface area (Å²) < 4.78 is 5.13. The Morgan fingerprint density at radius 1 is 1.24 bits per heavy atom. The number of hydrogen-bond donors (Lipinski definition) is 2. The van der Waals surface area contributed by atoms with Crippen LogP contribution in [-0.2, 0) is 19.1 Å². The van der Waals surface area contributed by atoms with Gasteiger partial charge in [0.25, 0.3) is 5.91 Å². The van der Waals surface area contributed by atoms with Gasteiger partial charge in [0.15, 0.2) is 6.10 Å². The van der Waals surface area contributed by atoms with Crippen LogP contribution < -0.4 is 5.32 Å². The molecule has 1 rings (SSSR count). The Bertz CT molecular complexity index is 500. The zero-order valence-electron chi connectivity index (χ0n) is 12.0. The molecule has 0 spiro atoms. The lowest BCUT2D eigenvalue weighted by atomic mass is 10.1. The highest BCUT2D eigenvalue weighted by Crippen LogP contribution is 2.16. The van der Waals surface area contributed by atoms with Gasteiger partial charge in [-0.05, 0) is 18.9 Å². The van der Waals surface area contributed by atoms with Crippen LogP contribution in [0.4, 0.5) is 0 Å². The Hall–Kier alpha value is -2.21. The largest absolute Gasteiger partial charge is 0.480 e. The zero-order chi connectivity index (χ0) is 15.8. The lowest BCUT2D eigenvalue weighted by Gasteiger charge is -2.19. The minimum atomic E-state index is -1.17. The maximum absolute atomic E-state index is 12.1. The number of hydrogen-bond acceptors (Lipinski definition) is 4. The first-order chi connectivity index (χ1) is 9.95. The molecule has 0 heterocycles. The number of carbonyl (C=O) groups is 3. The molecule has 114 valence electrons. The van der Waals surface area contributed by atoms with Gasteiger partial charge in [-0.15, -0.1) is 0 Å². The highest BCUT2D eigenvalue weighted by atomic mass is 16.5. The van der Waals surface area contributed by atoms with Crippen LogP contribution in [0, 0.1) is 0 Å². The van der Waals surface area contributed by atoms with Crippen LogP contribution in [0.15, 0.2) is 30.3 Å². The van der Waals surface area contributed by atoms with Gasteiger partial charge in [-0.1, -0.05) is 30.3 Å². The van der Waals surface area contributed by atoms with Crippen molar-refractivity contribution in [3.8, 4) is 0 Å². The predicted molar refractivity (Wildman–Crippen MR) is 75.7 cm³/mol. The first kappa shape index (κ1) is 16.8. The molecule has 1 amide bonds. The smallest absolute Gasteiger partial charge is 0.326 e. The van der Waals surface area contributed by atoms with E-state index in [4.69, 9.17) is 9.84 Å². The Morgan fingerprint density at radius 2 is 1.86 bits per heavy atom. The van der Waals surface area contributed by atoms with Crippen LogP contribution in [-0.4, -0.2) is 35.9 Å². The van der Waals surface area contributed by atoms with E-state index >= 15 is 0 Å². The Morgan fingerprint density at radius 3 is 2.33 bits per heavy atom. The number of carbonyl (C=O) groups excluding carboxylic acids is 2. The fraction of sp³-hybridized carbons (Fsp3) is 0.400. The maximum atomic E-state index is 12.1. The van der Waals surface area contributed by atoms with Crippen molar-refractivity contribution in [2.45, 2.75) is 31.9 Å². The van der Waals surface area contributed by atoms with Gasteiger partial charge in [0.1, 0.15) is 11.8 Å². The standard InChI is InChI=1S/C15H19NO5/c1-10(17)8-9-12(15(19)20)16-14(18)13(21-2)11-6-4-3-5-7-11/h3-7,12-13H,8-9H2,1-2H3,(H,16,18)(H,19,20)/t12-,13-/m1/s1. The molecule has 0 fully saturated rings. The summed E-state index contributed by atoms with van der Waals surface area (Å²) in [6, 6.07) is 7.67. The number of Topliss-reactive ketones (excluding diaryl/α,β-unsaturated/α-hetero) is 1. The number of ketones is 1. The first-order valence-corrected chi connectivity index (χ1v) is 6.56. The number of amides is 1. The topological polar surface area (TPSA) is 92.7 Å². The van der Waals surface area contributed by atoms with E-state index in [1.165, 1.54) is 14.0 Å². The van der Waals surface area contributed by atoms with Crippen LogP contribution in [0.5, 0.6) is 0 Å². The monoisotopic (exact) mass is 293 g/mol. The number of rotatable bonds is 8. The molecule has 0 aliphatic rings. The molecule has 0 aliphatic heterocycles. The predicted octanol–water partition coefficient (Wildman–Crippen LogP) is 1.31. The summed E-state index contributed by atoms with van der Waals surface area (Å²) in [5.74, 6) is -1.84. The molecule has 6 nitrogen and oxygen atoms in total. The van der Waals surface area contributed by atoms with E-state index in [1.54, 1.807) is 30.3 Å². The fourth-order valence-electron chi connectivity index (χ4n) is 1.87. The maximum Gasteiger partial charge on any atom is 0.326 e. The average Bonchev–Trinajstić information content (AvgIpc) is 2.44. The van der Waals surface area contributed by atoms with E-state index in [1.807, 2.05) is 0 Å². The quantitative estimate of drug-likeness (QED) is 0.754. The number of aliphatic carboxylic acids is 1. The third-order valence-corrected chi connectivity index (χ3v) is 2.98. The highest BCUT2D eigenvalue weighted by molar-refractivity contribution is 5.87. The van der Waals surface area contributed by atoms with Crippen molar-refractivity contribution >= 4 is 17.7 Å². The molecule has 0 radical (unpaired) electrons. The van der Waals surface area contributed by atoms with Crippen LogP contribution in [0.3, 0.4) is 0 Å². The summed E-state index contributed by atoms with van der Waals surface area (Å²) in [6.45, 7) is 1.38. The van der Waals surface area contributed by atoms with Crippen LogP contribution in [0.2, 0.25) is 0 Å². The van der Waals surface area contributed by atoms with Crippen molar-refractivity contribution in [3.05, 3.63) is 35.9 Å². The van der Waals surface area contributed by atoms with Crippen LogP contribution >= 0.6 is 0 Å². The second-order valence-corrected chi connectivity index (χ2v) is 4.67. The minimum absolute atomic E-state index is 0.0572. The summed E-state index contributed by atoms with van der Waals surface area (Å²) in [7, 11) is 1.38. The molecule has 2 atom stereocenters. The average molecular weight is 293 g/mol. The first-order valence-electron chi connectivity index (χ1n) is 6.56. The van der Waals surface area contributed by atoms with Gasteiger partial charge in [-0.2, -0.15) is 0 Å². The fourth-order valence-corrected chi connectivity index (χ4v) is 1.87. The third-order valence-electron chi connectivity index (χ3n) is 2.98. The van der Waals surface area contributed by atoms with Crippen LogP contribution in [0.25, 0.3) is 0 Å². The van der Waals surface area contributed by atoms with Gasteiger partial charge >= 0.3 is 5.97 Å². The van der Waals surface area contributed by atoms with E-state index in [-0.39, 0.29) is 18.6 Å². The molecule has 2 N–H and O–H groups in total. The number of benzene rings is 1. The molecule has 0 saturated heterocycles. The summed E-state index contributed by atoms with van der Waals surface area (Å²) >= 11 is 0. The summed E-state index contributed by atoms with van der Waals surface area (Å²) in [4.78, 5) is 34.2. The number of methoxy groups -OCH3 is 1. The van der Waals surface area contributed by atoms with Crippen molar-refractivity contribution in [3.63, 3.8) is 0 Å². The Labute approximate surface area is 123 Å². The lowest BCUT2D eigenvalue weighted by molar-refractivity contribution is -0.144. The molecule has 6 heteroatoms. The van der Waals surface area contributed by atoms with E-state index in [0.29, 0.717) is 5.56 Å². The Balaban J connectivity index is 2.75. The van der Waals surface area contributed by atoms with Gasteiger partial charge in [0, 0.05) is 13.5 Å². The van der Waals surface area contributed by atoms with Crippen molar-refractivity contribution in [1.29, 1.82) is 0 Å². The van der Waals surface area contributed by atoms with Crippen molar-refractivity contribution in [2.75, 3.05) is 7.11 Å².